The van der Waals surface area contributed by atoms with E-state index in [1.807, 2.05) is 13.0 Å². The number of aromatic nitrogens is 1. The van der Waals surface area contributed by atoms with Gasteiger partial charge in [-0.3, -0.25) is 4.90 Å². The molecule has 1 unspecified atom stereocenters. The quantitative estimate of drug-likeness (QED) is 0.920. The number of nitrogens with zero attached hydrogens (tertiary/aromatic N) is 3. The molecule has 1 aromatic rings. The van der Waals surface area contributed by atoms with Crippen LogP contribution in [0.1, 0.15) is 30.4 Å². The van der Waals surface area contributed by atoms with Crippen LogP contribution in [-0.4, -0.2) is 48.3 Å². The molecule has 1 aromatic heterocycles. The third kappa shape index (κ3) is 3.17. The topological polar surface area (TPSA) is 61.2 Å². The van der Waals surface area contributed by atoms with Crippen LogP contribution in [0.3, 0.4) is 0 Å². The second-order valence-electron chi connectivity index (χ2n) is 5.94. The normalized spacial score (nSPS) is 23.9. The number of hydrogen-bond acceptors (Lipinski definition) is 5. The fourth-order valence-corrected chi connectivity index (χ4v) is 3.22. The lowest BCUT2D eigenvalue weighted by molar-refractivity contribution is 0.124. The van der Waals surface area contributed by atoms with Gasteiger partial charge in [0.05, 0.1) is 12.2 Å². The maximum atomic E-state index is 9.26. The van der Waals surface area contributed by atoms with Gasteiger partial charge in [-0.15, -0.1) is 0 Å². The van der Waals surface area contributed by atoms with Gasteiger partial charge in [-0.2, -0.15) is 5.26 Å². The zero-order valence-electron chi connectivity index (χ0n) is 12.5. The number of likely N-dealkylation sites (tertiary alicyclic amines) is 1. The molecular weight excluding hydrogens is 264 g/mol. The average Bonchev–Trinajstić information content (AvgIpc) is 3.03. The van der Waals surface area contributed by atoms with E-state index in [9.17, 15) is 5.26 Å². The lowest BCUT2D eigenvalue weighted by Crippen LogP contribution is -2.45. The van der Waals surface area contributed by atoms with E-state index in [0.29, 0.717) is 17.6 Å². The lowest BCUT2D eigenvalue weighted by atomic mass is 10.0. The number of anilines is 1. The van der Waals surface area contributed by atoms with Gasteiger partial charge in [0.1, 0.15) is 11.9 Å². The first-order chi connectivity index (χ1) is 10.3. The van der Waals surface area contributed by atoms with Crippen molar-refractivity contribution < 1.29 is 4.74 Å². The van der Waals surface area contributed by atoms with Crippen molar-refractivity contribution in [1.82, 2.24) is 9.88 Å². The van der Waals surface area contributed by atoms with E-state index in [1.165, 1.54) is 0 Å². The summed E-state index contributed by atoms with van der Waals surface area (Å²) in [5, 5.41) is 12.7. The number of hydrogen-bond donors (Lipinski definition) is 1. The maximum Gasteiger partial charge on any atom is 0.144 e. The Balaban J connectivity index is 1.58. The monoisotopic (exact) mass is 286 g/mol. The summed E-state index contributed by atoms with van der Waals surface area (Å²) in [6, 6.07) is 5.15. The van der Waals surface area contributed by atoms with Crippen molar-refractivity contribution in [2.24, 2.45) is 0 Å². The minimum Gasteiger partial charge on any atom is -0.380 e. The number of nitrogens with one attached hydrogen (secondary N) is 1. The highest BCUT2D eigenvalue weighted by Gasteiger charge is 2.28. The Labute approximate surface area is 125 Å². The van der Waals surface area contributed by atoms with Crippen LogP contribution in [-0.2, 0) is 4.74 Å². The number of rotatable bonds is 3. The smallest absolute Gasteiger partial charge is 0.144 e. The van der Waals surface area contributed by atoms with Crippen molar-refractivity contribution in [3.8, 4) is 6.07 Å². The number of piperidine rings is 1. The third-order valence-electron chi connectivity index (χ3n) is 4.56. The fourth-order valence-electron chi connectivity index (χ4n) is 3.22. The Morgan fingerprint density at radius 3 is 2.86 bits per heavy atom. The number of nitriles is 1. The van der Waals surface area contributed by atoms with Crippen molar-refractivity contribution >= 4 is 5.82 Å². The molecule has 2 fully saturated rings. The second-order valence-corrected chi connectivity index (χ2v) is 5.94. The Hall–Kier alpha value is -1.64. The summed E-state index contributed by atoms with van der Waals surface area (Å²) in [5.74, 6) is 0.736. The summed E-state index contributed by atoms with van der Waals surface area (Å²) in [7, 11) is 0. The van der Waals surface area contributed by atoms with Crippen LogP contribution in [0.5, 0.6) is 0 Å². The van der Waals surface area contributed by atoms with Crippen molar-refractivity contribution in [1.29, 1.82) is 5.26 Å². The van der Waals surface area contributed by atoms with E-state index >= 15 is 0 Å². The number of pyridine rings is 1. The summed E-state index contributed by atoms with van der Waals surface area (Å²) in [5.41, 5.74) is 1.65. The molecule has 0 radical (unpaired) electrons. The van der Waals surface area contributed by atoms with Gasteiger partial charge in [-0.25, -0.2) is 4.98 Å². The van der Waals surface area contributed by atoms with Crippen LogP contribution >= 0.6 is 0 Å². The van der Waals surface area contributed by atoms with E-state index in [1.54, 1.807) is 6.20 Å². The summed E-state index contributed by atoms with van der Waals surface area (Å²) >= 11 is 0. The first-order valence-electron chi connectivity index (χ1n) is 7.72. The van der Waals surface area contributed by atoms with Crippen molar-refractivity contribution in [2.75, 3.05) is 31.6 Å². The summed E-state index contributed by atoms with van der Waals surface area (Å²) in [6.07, 6.45) is 5.12. The molecule has 2 aliphatic rings. The van der Waals surface area contributed by atoms with Crippen molar-refractivity contribution in [3.05, 3.63) is 23.4 Å². The standard InChI is InChI=1S/C16H22N4O/c1-12-2-6-18-16(15(12)10-17)19-13-3-7-20(8-4-13)14-5-9-21-11-14/h2,6,13-14H,3-5,7-9,11H2,1H3,(H,18,19). The Bertz CT molecular complexity index is 526. The van der Waals surface area contributed by atoms with Gasteiger partial charge in [-0.05, 0) is 37.8 Å². The number of ether oxygens (including phenoxy) is 1. The SMILES string of the molecule is Cc1ccnc(NC2CCN(C3CCOC3)CC2)c1C#N. The molecule has 0 amide bonds. The number of aryl methyl sites for hydroxylation is 1. The predicted molar refractivity (Wildman–Crippen MR) is 81.1 cm³/mol. The Morgan fingerprint density at radius 2 is 2.19 bits per heavy atom. The first kappa shape index (κ1) is 14.3. The van der Waals surface area contributed by atoms with Gasteiger partial charge in [0, 0.05) is 38.0 Å². The van der Waals surface area contributed by atoms with Gasteiger partial charge in [-0.1, -0.05) is 0 Å². The summed E-state index contributed by atoms with van der Waals surface area (Å²) in [4.78, 5) is 6.88. The maximum absolute atomic E-state index is 9.26. The second kappa shape index (κ2) is 6.42. The summed E-state index contributed by atoms with van der Waals surface area (Å²) in [6.45, 7) is 5.94. The molecule has 0 saturated carbocycles. The predicted octanol–water partition coefficient (Wildman–Crippen LogP) is 1.93. The third-order valence-corrected chi connectivity index (χ3v) is 4.56. The average molecular weight is 286 g/mol. The van der Waals surface area contributed by atoms with Gasteiger partial charge in [0.2, 0.25) is 0 Å². The molecule has 0 aliphatic carbocycles. The summed E-state index contributed by atoms with van der Waals surface area (Å²) < 4.78 is 5.47. The molecule has 0 spiro atoms. The van der Waals surface area contributed by atoms with E-state index in [4.69, 9.17) is 4.74 Å². The molecule has 3 rings (SSSR count). The molecule has 3 heterocycles. The molecule has 5 nitrogen and oxygen atoms in total. The first-order valence-corrected chi connectivity index (χ1v) is 7.72. The fraction of sp³-hybridized carbons (Fsp3) is 0.625. The minimum atomic E-state index is 0.407. The van der Waals surface area contributed by atoms with Crippen LogP contribution in [0.25, 0.3) is 0 Å². The van der Waals surface area contributed by atoms with Gasteiger partial charge >= 0.3 is 0 Å². The highest BCUT2D eigenvalue weighted by molar-refractivity contribution is 5.55. The highest BCUT2D eigenvalue weighted by Crippen LogP contribution is 2.22. The van der Waals surface area contributed by atoms with Crippen molar-refractivity contribution in [3.63, 3.8) is 0 Å². The molecule has 2 saturated heterocycles. The van der Waals surface area contributed by atoms with Crippen molar-refractivity contribution in [2.45, 2.75) is 38.3 Å². The molecule has 21 heavy (non-hydrogen) atoms. The zero-order chi connectivity index (χ0) is 14.7. The largest absolute Gasteiger partial charge is 0.380 e. The highest BCUT2D eigenvalue weighted by atomic mass is 16.5. The van der Waals surface area contributed by atoms with E-state index < -0.39 is 0 Å². The van der Waals surface area contributed by atoms with Gasteiger partial charge < -0.3 is 10.1 Å². The Kier molecular flexibility index (Phi) is 4.37. The van der Waals surface area contributed by atoms with Crippen LogP contribution in [0.4, 0.5) is 5.82 Å². The van der Waals surface area contributed by atoms with Crippen LogP contribution in [0.2, 0.25) is 0 Å². The van der Waals surface area contributed by atoms with E-state index in [2.05, 4.69) is 21.3 Å². The molecule has 1 atom stereocenters. The molecule has 0 bridgehead atoms. The Morgan fingerprint density at radius 1 is 1.38 bits per heavy atom. The zero-order valence-corrected chi connectivity index (χ0v) is 12.5. The van der Waals surface area contributed by atoms with Gasteiger partial charge in [0.25, 0.3) is 0 Å². The van der Waals surface area contributed by atoms with Crippen LogP contribution < -0.4 is 5.32 Å². The molecule has 0 aromatic carbocycles. The van der Waals surface area contributed by atoms with E-state index in [0.717, 1.165) is 56.9 Å². The molecule has 2 aliphatic heterocycles. The minimum absolute atomic E-state index is 0.407. The van der Waals surface area contributed by atoms with Gasteiger partial charge in [0.15, 0.2) is 0 Å². The molecule has 112 valence electrons. The molecular formula is C16H22N4O. The van der Waals surface area contributed by atoms with Crippen LogP contribution in [0, 0.1) is 18.3 Å². The van der Waals surface area contributed by atoms with E-state index in [-0.39, 0.29) is 0 Å². The van der Waals surface area contributed by atoms with Crippen LogP contribution in [0.15, 0.2) is 12.3 Å². The molecule has 5 heteroatoms. The molecule has 1 N–H and O–H groups in total. The lowest BCUT2D eigenvalue weighted by Gasteiger charge is -2.35.